The van der Waals surface area contributed by atoms with E-state index in [1.54, 1.807) is 16.8 Å². The summed E-state index contributed by atoms with van der Waals surface area (Å²) in [7, 11) is 1.62. The summed E-state index contributed by atoms with van der Waals surface area (Å²) in [5.41, 5.74) is 0. The van der Waals surface area contributed by atoms with Gasteiger partial charge in [-0.1, -0.05) is 23.9 Å². The number of fused-ring (bicyclic) bond motifs is 1. The molecule has 2 heterocycles. The van der Waals surface area contributed by atoms with Gasteiger partial charge in [0.2, 0.25) is 5.16 Å². The van der Waals surface area contributed by atoms with Crippen LogP contribution in [0, 0.1) is 0 Å². The zero-order chi connectivity index (χ0) is 16.9. The molecule has 0 saturated carbocycles. The van der Waals surface area contributed by atoms with Crippen molar-refractivity contribution in [3.8, 4) is 11.5 Å². The van der Waals surface area contributed by atoms with Crippen LogP contribution >= 0.6 is 11.8 Å². The van der Waals surface area contributed by atoms with Crippen LogP contribution in [0.5, 0.6) is 11.5 Å². The summed E-state index contributed by atoms with van der Waals surface area (Å²) in [6, 6.07) is 7.30. The summed E-state index contributed by atoms with van der Waals surface area (Å²) in [4.78, 5) is 12.2. The predicted molar refractivity (Wildman–Crippen MR) is 91.0 cm³/mol. The highest BCUT2D eigenvalue weighted by atomic mass is 32.2. The summed E-state index contributed by atoms with van der Waals surface area (Å²) in [6.45, 7) is 2.62. The Kier molecular flexibility index (Phi) is 5.05. The molecule has 126 valence electrons. The zero-order valence-electron chi connectivity index (χ0n) is 13.5. The van der Waals surface area contributed by atoms with Crippen molar-refractivity contribution in [3.63, 3.8) is 0 Å². The summed E-state index contributed by atoms with van der Waals surface area (Å²) < 4.78 is 12.6. The third-order valence-electron chi connectivity index (χ3n) is 3.47. The molecule has 8 heteroatoms. The number of thioether (sulfide) groups is 1. The van der Waals surface area contributed by atoms with Gasteiger partial charge in [-0.3, -0.25) is 4.79 Å². The van der Waals surface area contributed by atoms with Gasteiger partial charge in [0, 0.05) is 0 Å². The van der Waals surface area contributed by atoms with Crippen molar-refractivity contribution in [3.05, 3.63) is 42.2 Å². The fourth-order valence-corrected chi connectivity index (χ4v) is 3.07. The molecule has 0 radical (unpaired) electrons. The first-order chi connectivity index (χ1) is 11.7. The smallest absolute Gasteiger partial charge is 0.252 e. The van der Waals surface area contributed by atoms with Gasteiger partial charge in [0.1, 0.15) is 18.1 Å². The maximum Gasteiger partial charge on any atom is 0.252 e. The number of rotatable bonds is 6. The molecule has 7 nitrogen and oxygen atoms in total. The van der Waals surface area contributed by atoms with E-state index in [4.69, 9.17) is 9.47 Å². The second-order valence-corrected chi connectivity index (χ2v) is 5.95. The van der Waals surface area contributed by atoms with Crippen LogP contribution < -0.4 is 14.5 Å². The van der Waals surface area contributed by atoms with Crippen LogP contribution in [0.4, 0.5) is 0 Å². The second-order valence-electron chi connectivity index (χ2n) is 5.01. The number of aromatic nitrogens is 3. The molecule has 1 aromatic carbocycles. The lowest BCUT2D eigenvalue weighted by molar-refractivity contribution is -0.117. The highest BCUT2D eigenvalue weighted by molar-refractivity contribution is 7.99. The van der Waals surface area contributed by atoms with E-state index in [9.17, 15) is 4.79 Å². The minimum atomic E-state index is 0.0242. The highest BCUT2D eigenvalue weighted by Gasteiger charge is 2.28. The third kappa shape index (κ3) is 3.38. The van der Waals surface area contributed by atoms with Crippen LogP contribution in [0.2, 0.25) is 0 Å². The van der Waals surface area contributed by atoms with Gasteiger partial charge in [-0.25, -0.2) is 9.69 Å². The number of hydrogen-bond donors (Lipinski definition) is 0. The van der Waals surface area contributed by atoms with Gasteiger partial charge in [0.25, 0.3) is 5.91 Å². The number of nitrogens with zero attached hydrogens (tertiary/aromatic N) is 4. The molecule has 1 amide bonds. The number of benzene rings is 1. The number of carbonyl (C=O) groups excluding carboxylic acids is 1. The maximum absolute atomic E-state index is 12.2. The number of methoxy groups -OCH3 is 1. The summed E-state index contributed by atoms with van der Waals surface area (Å²) in [5, 5.41) is 10.6. The number of allylic oxidation sites excluding steroid dienone is 1. The van der Waals surface area contributed by atoms with Crippen molar-refractivity contribution in [2.75, 3.05) is 24.4 Å². The first-order valence-electron chi connectivity index (χ1n) is 7.48. The lowest BCUT2D eigenvalue weighted by Gasteiger charge is -2.28. The molecule has 1 aliphatic rings. The zero-order valence-corrected chi connectivity index (χ0v) is 14.3. The molecule has 0 atom stereocenters. The van der Waals surface area contributed by atoms with E-state index >= 15 is 0 Å². The van der Waals surface area contributed by atoms with Crippen LogP contribution in [0.1, 0.15) is 12.7 Å². The van der Waals surface area contributed by atoms with E-state index < -0.39 is 0 Å². The molecular formula is C16H18N4O3S. The number of hydrogen-bond acceptors (Lipinski definition) is 6. The van der Waals surface area contributed by atoms with Gasteiger partial charge in [-0.2, -0.15) is 0 Å². The normalized spacial score (nSPS) is 14.1. The molecule has 0 unspecified atom stereocenters. The Morgan fingerprint density at radius 3 is 2.71 bits per heavy atom. The molecule has 1 aromatic heterocycles. The summed E-state index contributed by atoms with van der Waals surface area (Å²) in [5.74, 6) is 2.45. The number of ether oxygens (including phenoxy) is 2. The van der Waals surface area contributed by atoms with Gasteiger partial charge in [-0.15, -0.1) is 10.2 Å². The standard InChI is InChI=1S/C16H18N4O3S/c1-3-4-9-19-15(21)11-24-16-18-17-14(20(16)19)10-23-13-7-5-12(22-2)6-8-13/h3-8H,9-11H2,1-2H3/b4-3+. The lowest BCUT2D eigenvalue weighted by atomic mass is 10.3. The average Bonchev–Trinajstić information content (AvgIpc) is 3.03. The van der Waals surface area contributed by atoms with Gasteiger partial charge in [0.05, 0.1) is 19.4 Å². The minimum absolute atomic E-state index is 0.0242. The number of amides is 1. The van der Waals surface area contributed by atoms with Crippen LogP contribution in [-0.2, 0) is 11.4 Å². The Hall–Kier alpha value is -2.48. The summed E-state index contributed by atoms with van der Waals surface area (Å²) >= 11 is 1.38. The molecule has 0 fully saturated rings. The molecule has 24 heavy (non-hydrogen) atoms. The molecule has 3 rings (SSSR count). The van der Waals surface area contributed by atoms with Crippen molar-refractivity contribution >= 4 is 17.7 Å². The van der Waals surface area contributed by atoms with E-state index in [0.29, 0.717) is 29.0 Å². The van der Waals surface area contributed by atoms with E-state index in [1.165, 1.54) is 11.8 Å². The van der Waals surface area contributed by atoms with Gasteiger partial charge in [-0.05, 0) is 31.2 Å². The fraction of sp³-hybridized carbons (Fsp3) is 0.312. The Balaban J connectivity index is 1.77. The van der Waals surface area contributed by atoms with Crippen molar-refractivity contribution in [1.82, 2.24) is 14.9 Å². The maximum atomic E-state index is 12.2. The first kappa shape index (κ1) is 16.4. The topological polar surface area (TPSA) is 69.5 Å². The van der Waals surface area contributed by atoms with Crippen molar-refractivity contribution in [2.45, 2.75) is 18.7 Å². The first-order valence-corrected chi connectivity index (χ1v) is 8.47. The minimum Gasteiger partial charge on any atom is -0.497 e. The SMILES string of the molecule is C/C=C/CN1C(=O)CSc2nnc(COc3ccc(OC)cc3)n21. The van der Waals surface area contributed by atoms with E-state index in [-0.39, 0.29) is 12.5 Å². The van der Waals surface area contributed by atoms with Gasteiger partial charge in [0.15, 0.2) is 5.82 Å². The molecule has 0 N–H and O–H groups in total. The average molecular weight is 346 g/mol. The van der Waals surface area contributed by atoms with E-state index in [1.807, 2.05) is 43.3 Å². The Morgan fingerprint density at radius 1 is 1.25 bits per heavy atom. The van der Waals surface area contributed by atoms with Crippen molar-refractivity contribution < 1.29 is 14.3 Å². The van der Waals surface area contributed by atoms with E-state index in [0.717, 1.165) is 5.75 Å². The Bertz CT molecular complexity index is 742. The Labute approximate surface area is 144 Å². The highest BCUT2D eigenvalue weighted by Crippen LogP contribution is 2.24. The van der Waals surface area contributed by atoms with Crippen LogP contribution in [0.15, 0.2) is 41.6 Å². The fourth-order valence-electron chi connectivity index (χ4n) is 2.24. The van der Waals surface area contributed by atoms with Crippen molar-refractivity contribution in [2.24, 2.45) is 0 Å². The molecule has 2 aromatic rings. The molecule has 0 saturated heterocycles. The molecule has 1 aliphatic heterocycles. The van der Waals surface area contributed by atoms with Crippen LogP contribution in [-0.4, -0.2) is 40.2 Å². The number of carbonyl (C=O) groups is 1. The molecule has 0 aliphatic carbocycles. The van der Waals surface area contributed by atoms with Crippen LogP contribution in [0.25, 0.3) is 0 Å². The van der Waals surface area contributed by atoms with E-state index in [2.05, 4.69) is 10.2 Å². The van der Waals surface area contributed by atoms with Crippen molar-refractivity contribution in [1.29, 1.82) is 0 Å². The largest absolute Gasteiger partial charge is 0.497 e. The monoisotopic (exact) mass is 346 g/mol. The quantitative estimate of drug-likeness (QED) is 0.745. The van der Waals surface area contributed by atoms with Gasteiger partial charge >= 0.3 is 0 Å². The summed E-state index contributed by atoms with van der Waals surface area (Å²) in [6.07, 6.45) is 3.83. The predicted octanol–water partition coefficient (Wildman–Crippen LogP) is 2.01. The third-order valence-corrected chi connectivity index (χ3v) is 4.38. The Morgan fingerprint density at radius 2 is 2.00 bits per heavy atom. The second kappa shape index (κ2) is 7.39. The molecule has 0 spiro atoms. The molecular weight excluding hydrogens is 328 g/mol. The van der Waals surface area contributed by atoms with Gasteiger partial charge < -0.3 is 9.47 Å². The lowest BCUT2D eigenvalue weighted by Crippen LogP contribution is -2.45. The molecule has 0 bridgehead atoms. The van der Waals surface area contributed by atoms with Crippen LogP contribution in [0.3, 0.4) is 0 Å².